The Hall–Kier alpha value is -0.590. The maximum atomic E-state index is 4.19. The monoisotopic (exact) mass is 179 g/mol. The van der Waals surface area contributed by atoms with Crippen LogP contribution in [0.5, 0.6) is 0 Å². The van der Waals surface area contributed by atoms with E-state index >= 15 is 0 Å². The van der Waals surface area contributed by atoms with Crippen molar-refractivity contribution in [3.8, 4) is 0 Å². The average molecular weight is 179 g/mol. The molecule has 0 heterocycles. The molecule has 0 radical (unpaired) electrons. The third-order valence-electron chi connectivity index (χ3n) is 3.12. The molecule has 1 rings (SSSR count). The molecule has 1 aliphatic rings. The van der Waals surface area contributed by atoms with Crippen LogP contribution in [0.3, 0.4) is 0 Å². The van der Waals surface area contributed by atoms with E-state index in [4.69, 9.17) is 0 Å². The van der Waals surface area contributed by atoms with Crippen LogP contribution in [-0.4, -0.2) is 6.21 Å². The largest absolute Gasteiger partial charge is 0.269 e. The first-order valence-corrected chi connectivity index (χ1v) is 5.40. The van der Waals surface area contributed by atoms with Gasteiger partial charge in [-0.25, -0.2) is 0 Å². The molecule has 0 aromatic carbocycles. The molecule has 1 aliphatic carbocycles. The van der Waals surface area contributed by atoms with E-state index in [-0.39, 0.29) is 0 Å². The molecule has 1 fully saturated rings. The minimum absolute atomic E-state index is 0.789. The molecule has 1 saturated carbocycles. The van der Waals surface area contributed by atoms with Crippen molar-refractivity contribution in [2.24, 2.45) is 16.8 Å². The van der Waals surface area contributed by atoms with E-state index in [9.17, 15) is 0 Å². The number of nitrogens with zero attached hydrogens (tertiary/aromatic N) is 1. The molecular weight excluding hydrogens is 158 g/mol. The van der Waals surface area contributed by atoms with Gasteiger partial charge in [0.2, 0.25) is 0 Å². The van der Waals surface area contributed by atoms with Crippen molar-refractivity contribution in [3.63, 3.8) is 0 Å². The summed E-state index contributed by atoms with van der Waals surface area (Å²) in [7, 11) is 0. The van der Waals surface area contributed by atoms with E-state index in [0.29, 0.717) is 0 Å². The smallest absolute Gasteiger partial charge is 0.0255 e. The standard InChI is InChI=1S/C12H21N/c1-4-13-9-11(3)12-8-6-5-7-10(12)2/h4,9-10,12H,5-8H2,1-3H3/b11-9+,13-4-. The van der Waals surface area contributed by atoms with Crippen LogP contribution in [0.1, 0.15) is 46.5 Å². The number of hydrogen-bond acceptors (Lipinski definition) is 1. The van der Waals surface area contributed by atoms with Crippen molar-refractivity contribution in [3.05, 3.63) is 11.8 Å². The highest BCUT2D eigenvalue weighted by molar-refractivity contribution is 5.54. The Bertz CT molecular complexity index is 203. The van der Waals surface area contributed by atoms with Gasteiger partial charge in [0.25, 0.3) is 0 Å². The summed E-state index contributed by atoms with van der Waals surface area (Å²) in [6.07, 6.45) is 9.47. The zero-order chi connectivity index (χ0) is 9.68. The Morgan fingerprint density at radius 3 is 2.62 bits per heavy atom. The van der Waals surface area contributed by atoms with Crippen LogP contribution in [0.2, 0.25) is 0 Å². The van der Waals surface area contributed by atoms with Crippen LogP contribution in [0.25, 0.3) is 0 Å². The van der Waals surface area contributed by atoms with Crippen molar-refractivity contribution in [2.75, 3.05) is 0 Å². The molecule has 0 aliphatic heterocycles. The van der Waals surface area contributed by atoms with Gasteiger partial charge in [-0.2, -0.15) is 0 Å². The van der Waals surface area contributed by atoms with Crippen molar-refractivity contribution >= 4 is 6.21 Å². The van der Waals surface area contributed by atoms with Gasteiger partial charge in [-0.15, -0.1) is 0 Å². The maximum Gasteiger partial charge on any atom is 0.0255 e. The molecule has 0 spiro atoms. The second kappa shape index (κ2) is 5.21. The number of hydrogen-bond donors (Lipinski definition) is 0. The van der Waals surface area contributed by atoms with Gasteiger partial charge < -0.3 is 0 Å². The molecule has 0 saturated heterocycles. The second-order valence-corrected chi connectivity index (χ2v) is 4.15. The third kappa shape index (κ3) is 2.98. The van der Waals surface area contributed by atoms with E-state index < -0.39 is 0 Å². The highest BCUT2D eigenvalue weighted by Gasteiger charge is 2.22. The van der Waals surface area contributed by atoms with Crippen LogP contribution < -0.4 is 0 Å². The first-order chi connectivity index (χ1) is 6.25. The van der Waals surface area contributed by atoms with Gasteiger partial charge in [0.15, 0.2) is 0 Å². The van der Waals surface area contributed by atoms with Crippen molar-refractivity contribution < 1.29 is 0 Å². The molecule has 0 bridgehead atoms. The molecule has 0 amide bonds. The molecule has 2 unspecified atom stereocenters. The Morgan fingerprint density at radius 1 is 1.31 bits per heavy atom. The highest BCUT2D eigenvalue weighted by Crippen LogP contribution is 2.34. The fourth-order valence-corrected chi connectivity index (χ4v) is 2.28. The average Bonchev–Trinajstić information content (AvgIpc) is 2.15. The Kier molecular flexibility index (Phi) is 4.20. The molecular formula is C12H21N. The van der Waals surface area contributed by atoms with E-state index in [1.807, 2.05) is 19.3 Å². The lowest BCUT2D eigenvalue weighted by molar-refractivity contribution is 0.293. The number of allylic oxidation sites excluding steroid dienone is 1. The van der Waals surface area contributed by atoms with Gasteiger partial charge in [-0.1, -0.05) is 31.8 Å². The quantitative estimate of drug-likeness (QED) is 0.572. The first-order valence-electron chi connectivity index (χ1n) is 5.40. The fraction of sp³-hybridized carbons (Fsp3) is 0.750. The van der Waals surface area contributed by atoms with Crippen molar-refractivity contribution in [1.29, 1.82) is 0 Å². The van der Waals surface area contributed by atoms with Gasteiger partial charge in [0.05, 0.1) is 0 Å². The second-order valence-electron chi connectivity index (χ2n) is 4.15. The van der Waals surface area contributed by atoms with Crippen molar-refractivity contribution in [1.82, 2.24) is 0 Å². The minimum atomic E-state index is 0.789. The SMILES string of the molecule is C/C=N\C=C(/C)C1CCCCC1C. The normalized spacial score (nSPS) is 31.2. The molecule has 0 aromatic rings. The van der Waals surface area contributed by atoms with Crippen molar-refractivity contribution in [2.45, 2.75) is 46.5 Å². The molecule has 0 N–H and O–H groups in total. The molecule has 1 nitrogen and oxygen atoms in total. The minimum Gasteiger partial charge on any atom is -0.269 e. The van der Waals surface area contributed by atoms with Crippen LogP contribution in [0, 0.1) is 11.8 Å². The zero-order valence-corrected chi connectivity index (χ0v) is 9.09. The van der Waals surface area contributed by atoms with Crippen LogP contribution in [0.15, 0.2) is 16.8 Å². The summed E-state index contributed by atoms with van der Waals surface area (Å²) in [5.74, 6) is 1.65. The van der Waals surface area contributed by atoms with E-state index in [1.54, 1.807) is 0 Å². The van der Waals surface area contributed by atoms with Gasteiger partial charge in [-0.05, 0) is 32.1 Å². The summed E-state index contributed by atoms with van der Waals surface area (Å²) < 4.78 is 0. The van der Waals surface area contributed by atoms with Gasteiger partial charge in [0, 0.05) is 12.4 Å². The topological polar surface area (TPSA) is 12.4 Å². The Morgan fingerprint density at radius 2 is 2.00 bits per heavy atom. The number of rotatable bonds is 2. The Balaban J connectivity index is 2.57. The van der Waals surface area contributed by atoms with Crippen LogP contribution >= 0.6 is 0 Å². The lowest BCUT2D eigenvalue weighted by Crippen LogP contribution is -2.17. The third-order valence-corrected chi connectivity index (χ3v) is 3.12. The zero-order valence-electron chi connectivity index (χ0n) is 9.09. The maximum absolute atomic E-state index is 4.19. The lowest BCUT2D eigenvalue weighted by Gasteiger charge is -2.29. The van der Waals surface area contributed by atoms with Crippen LogP contribution in [-0.2, 0) is 0 Å². The van der Waals surface area contributed by atoms with E-state index in [1.165, 1.54) is 31.3 Å². The first kappa shape index (κ1) is 10.5. The lowest BCUT2D eigenvalue weighted by atomic mass is 9.77. The molecule has 1 heteroatoms. The van der Waals surface area contributed by atoms with E-state index in [0.717, 1.165) is 11.8 Å². The summed E-state index contributed by atoms with van der Waals surface area (Å²) in [5, 5.41) is 0. The Labute approximate surface area is 82.0 Å². The molecule has 74 valence electrons. The van der Waals surface area contributed by atoms with Crippen LogP contribution in [0.4, 0.5) is 0 Å². The molecule has 13 heavy (non-hydrogen) atoms. The summed E-state index contributed by atoms with van der Waals surface area (Å²) >= 11 is 0. The predicted molar refractivity (Wildman–Crippen MR) is 59.0 cm³/mol. The van der Waals surface area contributed by atoms with Gasteiger partial charge in [0.1, 0.15) is 0 Å². The number of aliphatic imine (C=N–C) groups is 1. The van der Waals surface area contributed by atoms with E-state index in [2.05, 4.69) is 18.8 Å². The summed E-state index contributed by atoms with van der Waals surface area (Å²) in [6, 6.07) is 0. The molecule has 0 aromatic heterocycles. The summed E-state index contributed by atoms with van der Waals surface area (Å²) in [5.41, 5.74) is 1.46. The molecule has 2 atom stereocenters. The van der Waals surface area contributed by atoms with Gasteiger partial charge in [-0.3, -0.25) is 4.99 Å². The van der Waals surface area contributed by atoms with Gasteiger partial charge >= 0.3 is 0 Å². The predicted octanol–water partition coefficient (Wildman–Crippen LogP) is 3.81. The highest BCUT2D eigenvalue weighted by atomic mass is 14.7. The summed E-state index contributed by atoms with van der Waals surface area (Å²) in [4.78, 5) is 4.19. The summed E-state index contributed by atoms with van der Waals surface area (Å²) in [6.45, 7) is 6.56. The fourth-order valence-electron chi connectivity index (χ4n) is 2.28.